The van der Waals surface area contributed by atoms with Gasteiger partial charge in [-0.15, -0.1) is 10.2 Å². The molecule has 4 aromatic rings. The molecule has 0 aliphatic rings. The lowest BCUT2D eigenvalue weighted by Crippen LogP contribution is -2.11. The third-order valence-corrected chi connectivity index (χ3v) is 4.83. The molecule has 0 fully saturated rings. The lowest BCUT2D eigenvalue weighted by atomic mass is 9.97. The van der Waals surface area contributed by atoms with Gasteiger partial charge in [0, 0.05) is 24.4 Å². The van der Waals surface area contributed by atoms with Gasteiger partial charge in [-0.3, -0.25) is 4.98 Å². The number of carboxylic acid groups (broad SMARTS) is 1. The summed E-state index contributed by atoms with van der Waals surface area (Å²) in [5.74, 6) is -0.421. The fourth-order valence-corrected chi connectivity index (χ4v) is 3.46. The van der Waals surface area contributed by atoms with Gasteiger partial charge in [-0.2, -0.15) is 5.21 Å². The Hall–Kier alpha value is -4.11. The summed E-state index contributed by atoms with van der Waals surface area (Å²) in [6, 6.07) is 17.3. The first-order valence-electron chi connectivity index (χ1n) is 9.84. The van der Waals surface area contributed by atoms with Crippen LogP contribution in [0.2, 0.25) is 0 Å². The molecule has 0 atom stereocenters. The van der Waals surface area contributed by atoms with Gasteiger partial charge in [-0.25, -0.2) is 4.79 Å². The van der Waals surface area contributed by atoms with Crippen LogP contribution in [-0.2, 0) is 18.0 Å². The first-order valence-corrected chi connectivity index (χ1v) is 9.84. The SMILES string of the molecule is COCc1nc(C)cc(OCc2ccc(-c3ccccc3)c(-c3nn[nH]n3)c2)c1C(=O)O. The summed E-state index contributed by atoms with van der Waals surface area (Å²) < 4.78 is 11.0. The van der Waals surface area contributed by atoms with E-state index in [4.69, 9.17) is 9.47 Å². The van der Waals surface area contributed by atoms with E-state index in [2.05, 4.69) is 25.6 Å². The molecule has 4 rings (SSSR count). The highest BCUT2D eigenvalue weighted by Crippen LogP contribution is 2.31. The fourth-order valence-electron chi connectivity index (χ4n) is 3.46. The third-order valence-electron chi connectivity index (χ3n) is 4.83. The maximum atomic E-state index is 11.8. The zero-order chi connectivity index (χ0) is 22.5. The van der Waals surface area contributed by atoms with Gasteiger partial charge in [0.25, 0.3) is 0 Å². The number of rotatable bonds is 8. The number of carbonyl (C=O) groups is 1. The summed E-state index contributed by atoms with van der Waals surface area (Å²) in [5.41, 5.74) is 4.53. The normalized spacial score (nSPS) is 10.8. The van der Waals surface area contributed by atoms with Crippen molar-refractivity contribution in [3.8, 4) is 28.3 Å². The molecule has 0 saturated heterocycles. The number of aromatic nitrogens is 5. The summed E-state index contributed by atoms with van der Waals surface area (Å²) in [5, 5.41) is 24.1. The highest BCUT2D eigenvalue weighted by Gasteiger charge is 2.20. The number of hydrogen-bond acceptors (Lipinski definition) is 7. The van der Waals surface area contributed by atoms with Crippen molar-refractivity contribution in [2.45, 2.75) is 20.1 Å². The van der Waals surface area contributed by atoms with E-state index < -0.39 is 5.97 Å². The molecule has 2 N–H and O–H groups in total. The van der Waals surface area contributed by atoms with Gasteiger partial charge < -0.3 is 14.6 Å². The van der Waals surface area contributed by atoms with E-state index in [-0.39, 0.29) is 24.5 Å². The third kappa shape index (κ3) is 4.47. The molecule has 0 amide bonds. The zero-order valence-corrected chi connectivity index (χ0v) is 17.6. The standard InChI is InChI=1S/C23H21N5O4/c1-14-10-20(21(23(29)30)19(24-14)13-31-2)32-12-15-8-9-17(16-6-4-3-5-7-16)18(11-15)22-25-27-28-26-22/h3-11H,12-13H2,1-2H3,(H,29,30)(H,25,26,27,28). The number of benzene rings is 2. The predicted molar refractivity (Wildman–Crippen MR) is 116 cm³/mol. The second-order valence-electron chi connectivity index (χ2n) is 7.09. The minimum Gasteiger partial charge on any atom is -0.488 e. The Labute approximate surface area is 184 Å². The van der Waals surface area contributed by atoms with E-state index in [9.17, 15) is 9.90 Å². The number of nitrogens with zero attached hydrogens (tertiary/aromatic N) is 4. The van der Waals surface area contributed by atoms with E-state index >= 15 is 0 Å². The molecule has 2 aromatic carbocycles. The summed E-state index contributed by atoms with van der Waals surface area (Å²) in [6.07, 6.45) is 0. The van der Waals surface area contributed by atoms with Crippen LogP contribution < -0.4 is 4.74 Å². The number of H-pyrrole nitrogens is 1. The zero-order valence-electron chi connectivity index (χ0n) is 17.6. The molecule has 162 valence electrons. The number of methoxy groups -OCH3 is 1. The highest BCUT2D eigenvalue weighted by atomic mass is 16.5. The molecular formula is C23H21N5O4. The molecule has 9 heteroatoms. The van der Waals surface area contributed by atoms with Crippen LogP contribution in [0.25, 0.3) is 22.5 Å². The maximum absolute atomic E-state index is 11.8. The van der Waals surface area contributed by atoms with Crippen molar-refractivity contribution in [2.24, 2.45) is 0 Å². The maximum Gasteiger partial charge on any atom is 0.341 e. The molecule has 32 heavy (non-hydrogen) atoms. The Bertz CT molecular complexity index is 1230. The molecule has 0 bridgehead atoms. The number of aromatic amines is 1. The van der Waals surface area contributed by atoms with Gasteiger partial charge in [0.15, 0.2) is 0 Å². The summed E-state index contributed by atoms with van der Waals surface area (Å²) >= 11 is 0. The lowest BCUT2D eigenvalue weighted by Gasteiger charge is -2.14. The van der Waals surface area contributed by atoms with Crippen LogP contribution in [0.15, 0.2) is 54.6 Å². The van der Waals surface area contributed by atoms with Gasteiger partial charge in [-0.05, 0) is 34.9 Å². The first kappa shape index (κ1) is 21.1. The van der Waals surface area contributed by atoms with Crippen molar-refractivity contribution in [2.75, 3.05) is 7.11 Å². The average molecular weight is 431 g/mol. The minimum atomic E-state index is -1.12. The number of nitrogens with one attached hydrogen (secondary N) is 1. The van der Waals surface area contributed by atoms with Crippen molar-refractivity contribution >= 4 is 5.97 Å². The Morgan fingerprint density at radius 2 is 1.88 bits per heavy atom. The average Bonchev–Trinajstić information content (AvgIpc) is 3.33. The van der Waals surface area contributed by atoms with Gasteiger partial charge in [-0.1, -0.05) is 42.5 Å². The monoisotopic (exact) mass is 431 g/mol. The smallest absolute Gasteiger partial charge is 0.341 e. The second-order valence-corrected chi connectivity index (χ2v) is 7.09. The number of aromatic carboxylic acids is 1. The molecule has 0 radical (unpaired) electrons. The number of pyridine rings is 1. The minimum absolute atomic E-state index is 0.00301. The Balaban J connectivity index is 1.68. The van der Waals surface area contributed by atoms with E-state index in [1.807, 2.05) is 48.5 Å². The molecular weight excluding hydrogens is 410 g/mol. The van der Waals surface area contributed by atoms with Crippen LogP contribution in [-0.4, -0.2) is 43.8 Å². The molecule has 2 heterocycles. The Morgan fingerprint density at radius 3 is 2.56 bits per heavy atom. The quantitative estimate of drug-likeness (QED) is 0.433. The van der Waals surface area contributed by atoms with E-state index in [1.54, 1.807) is 13.0 Å². The molecule has 0 unspecified atom stereocenters. The van der Waals surface area contributed by atoms with Crippen LogP contribution in [0.5, 0.6) is 5.75 Å². The summed E-state index contributed by atoms with van der Waals surface area (Å²) in [4.78, 5) is 16.1. The van der Waals surface area contributed by atoms with Crippen molar-refractivity contribution in [3.05, 3.63) is 77.1 Å². The van der Waals surface area contributed by atoms with E-state index in [0.717, 1.165) is 22.3 Å². The summed E-state index contributed by atoms with van der Waals surface area (Å²) in [6.45, 7) is 2.00. The van der Waals surface area contributed by atoms with E-state index in [1.165, 1.54) is 7.11 Å². The van der Waals surface area contributed by atoms with Crippen LogP contribution in [0.4, 0.5) is 0 Å². The number of ether oxygens (including phenoxy) is 2. The first-order chi connectivity index (χ1) is 15.6. The summed E-state index contributed by atoms with van der Waals surface area (Å²) in [7, 11) is 1.49. The number of hydrogen-bond donors (Lipinski definition) is 2. The van der Waals surface area contributed by atoms with Gasteiger partial charge >= 0.3 is 5.97 Å². The van der Waals surface area contributed by atoms with Crippen LogP contribution >= 0.6 is 0 Å². The topological polar surface area (TPSA) is 123 Å². The largest absolute Gasteiger partial charge is 0.488 e. The highest BCUT2D eigenvalue weighted by molar-refractivity contribution is 5.92. The predicted octanol–water partition coefficient (Wildman–Crippen LogP) is 3.66. The van der Waals surface area contributed by atoms with Crippen molar-refractivity contribution < 1.29 is 19.4 Å². The molecule has 0 aliphatic heterocycles. The number of aryl methyl sites for hydroxylation is 1. The number of tetrazole rings is 1. The van der Waals surface area contributed by atoms with Crippen molar-refractivity contribution in [1.29, 1.82) is 0 Å². The van der Waals surface area contributed by atoms with Gasteiger partial charge in [0.2, 0.25) is 5.82 Å². The lowest BCUT2D eigenvalue weighted by molar-refractivity contribution is 0.0685. The Kier molecular flexibility index (Phi) is 6.18. The Morgan fingerprint density at radius 1 is 1.06 bits per heavy atom. The van der Waals surface area contributed by atoms with Crippen molar-refractivity contribution in [1.82, 2.24) is 25.6 Å². The molecule has 2 aromatic heterocycles. The molecule has 0 spiro atoms. The van der Waals surface area contributed by atoms with Crippen LogP contribution in [0.3, 0.4) is 0 Å². The molecule has 0 saturated carbocycles. The van der Waals surface area contributed by atoms with Crippen molar-refractivity contribution in [3.63, 3.8) is 0 Å². The fraction of sp³-hybridized carbons (Fsp3) is 0.174. The van der Waals surface area contributed by atoms with Crippen LogP contribution in [0.1, 0.15) is 27.3 Å². The van der Waals surface area contributed by atoms with Crippen LogP contribution in [0, 0.1) is 6.92 Å². The molecule has 0 aliphatic carbocycles. The van der Waals surface area contributed by atoms with Gasteiger partial charge in [0.05, 0.1) is 12.3 Å². The van der Waals surface area contributed by atoms with E-state index in [0.29, 0.717) is 17.2 Å². The second kappa shape index (κ2) is 9.36. The number of carboxylic acids is 1. The molecule has 9 nitrogen and oxygen atoms in total. The van der Waals surface area contributed by atoms with Gasteiger partial charge in [0.1, 0.15) is 17.9 Å².